The standard InChI is InChI=1S/C14H15NO3/c1-17-13-3-2-12(8-11(13)9-16)14(10-15)4-6-18-7-5-14/h2-3,8-9H,4-7H2,1H3. The second-order valence-corrected chi connectivity index (χ2v) is 4.38. The summed E-state index contributed by atoms with van der Waals surface area (Å²) in [5.41, 5.74) is 0.815. The summed E-state index contributed by atoms with van der Waals surface area (Å²) in [5.74, 6) is 0.536. The number of rotatable bonds is 3. The van der Waals surface area contributed by atoms with Crippen LogP contribution in [0.15, 0.2) is 18.2 Å². The van der Waals surface area contributed by atoms with E-state index in [2.05, 4.69) is 6.07 Å². The quantitative estimate of drug-likeness (QED) is 0.765. The number of hydrogen-bond acceptors (Lipinski definition) is 4. The highest BCUT2D eigenvalue weighted by atomic mass is 16.5. The van der Waals surface area contributed by atoms with Crippen molar-refractivity contribution < 1.29 is 14.3 Å². The Kier molecular flexibility index (Phi) is 3.63. The number of carbonyl (C=O) groups excluding carboxylic acids is 1. The van der Waals surface area contributed by atoms with Crippen molar-refractivity contribution in [2.75, 3.05) is 20.3 Å². The minimum absolute atomic E-state index is 0.483. The second kappa shape index (κ2) is 5.19. The molecule has 1 fully saturated rings. The van der Waals surface area contributed by atoms with Crippen LogP contribution in [-0.4, -0.2) is 26.6 Å². The van der Waals surface area contributed by atoms with Crippen LogP contribution in [0, 0.1) is 11.3 Å². The molecule has 1 aliphatic rings. The molecule has 1 heterocycles. The van der Waals surface area contributed by atoms with Gasteiger partial charge in [0.15, 0.2) is 6.29 Å². The fraction of sp³-hybridized carbons (Fsp3) is 0.429. The first-order chi connectivity index (χ1) is 8.75. The lowest BCUT2D eigenvalue weighted by atomic mass is 9.75. The Morgan fingerprint density at radius 2 is 2.17 bits per heavy atom. The molecular formula is C14H15NO3. The van der Waals surface area contributed by atoms with Crippen molar-refractivity contribution in [3.63, 3.8) is 0 Å². The number of methoxy groups -OCH3 is 1. The summed E-state index contributed by atoms with van der Waals surface area (Å²) in [5, 5.41) is 9.46. The molecule has 1 aromatic carbocycles. The Bertz CT molecular complexity index is 484. The fourth-order valence-corrected chi connectivity index (χ4v) is 2.31. The van der Waals surface area contributed by atoms with Gasteiger partial charge < -0.3 is 9.47 Å². The van der Waals surface area contributed by atoms with Gasteiger partial charge in [-0.2, -0.15) is 5.26 Å². The molecule has 0 unspecified atom stereocenters. The van der Waals surface area contributed by atoms with Crippen LogP contribution in [0.5, 0.6) is 5.75 Å². The zero-order valence-corrected chi connectivity index (χ0v) is 10.3. The van der Waals surface area contributed by atoms with E-state index < -0.39 is 5.41 Å². The number of aldehydes is 1. The topological polar surface area (TPSA) is 59.3 Å². The second-order valence-electron chi connectivity index (χ2n) is 4.38. The van der Waals surface area contributed by atoms with Crippen LogP contribution in [0.4, 0.5) is 0 Å². The Labute approximate surface area is 106 Å². The van der Waals surface area contributed by atoms with Gasteiger partial charge in [0.2, 0.25) is 0 Å². The zero-order chi connectivity index (χ0) is 13.0. The molecule has 94 valence electrons. The Hall–Kier alpha value is -1.86. The average molecular weight is 245 g/mol. The van der Waals surface area contributed by atoms with Gasteiger partial charge in [-0.3, -0.25) is 4.79 Å². The fourth-order valence-electron chi connectivity index (χ4n) is 2.31. The molecule has 0 saturated carbocycles. The smallest absolute Gasteiger partial charge is 0.153 e. The van der Waals surface area contributed by atoms with Crippen molar-refractivity contribution in [1.82, 2.24) is 0 Å². The van der Waals surface area contributed by atoms with Gasteiger partial charge in [-0.05, 0) is 30.5 Å². The van der Waals surface area contributed by atoms with Gasteiger partial charge in [0.25, 0.3) is 0 Å². The van der Waals surface area contributed by atoms with Crippen molar-refractivity contribution in [3.05, 3.63) is 29.3 Å². The first kappa shape index (κ1) is 12.6. The Morgan fingerprint density at radius 3 is 2.72 bits per heavy atom. The highest BCUT2D eigenvalue weighted by Gasteiger charge is 2.35. The lowest BCUT2D eigenvalue weighted by Gasteiger charge is -2.31. The highest BCUT2D eigenvalue weighted by Crippen LogP contribution is 2.35. The molecule has 0 amide bonds. The molecule has 0 bridgehead atoms. The summed E-state index contributed by atoms with van der Waals surface area (Å²) in [6.07, 6.45) is 2.08. The van der Waals surface area contributed by atoms with Crippen LogP contribution in [0.25, 0.3) is 0 Å². The summed E-state index contributed by atoms with van der Waals surface area (Å²) in [6, 6.07) is 7.74. The predicted octanol–water partition coefficient (Wildman–Crippen LogP) is 2.08. The van der Waals surface area contributed by atoms with Gasteiger partial charge in [0.05, 0.1) is 24.2 Å². The number of hydrogen-bond donors (Lipinski definition) is 0. The van der Waals surface area contributed by atoms with E-state index in [0.29, 0.717) is 37.4 Å². The van der Waals surface area contributed by atoms with Crippen molar-refractivity contribution in [3.8, 4) is 11.8 Å². The summed E-state index contributed by atoms with van der Waals surface area (Å²) in [4.78, 5) is 11.0. The van der Waals surface area contributed by atoms with E-state index in [9.17, 15) is 10.1 Å². The molecular weight excluding hydrogens is 230 g/mol. The van der Waals surface area contributed by atoms with E-state index in [1.54, 1.807) is 12.1 Å². The van der Waals surface area contributed by atoms with Crippen LogP contribution in [-0.2, 0) is 10.2 Å². The highest BCUT2D eigenvalue weighted by molar-refractivity contribution is 5.80. The first-order valence-corrected chi connectivity index (χ1v) is 5.88. The van der Waals surface area contributed by atoms with E-state index >= 15 is 0 Å². The molecule has 0 spiro atoms. The van der Waals surface area contributed by atoms with E-state index in [0.717, 1.165) is 11.8 Å². The molecule has 4 heteroatoms. The minimum atomic E-state index is -0.539. The van der Waals surface area contributed by atoms with E-state index in [1.807, 2.05) is 6.07 Å². The van der Waals surface area contributed by atoms with Crippen molar-refractivity contribution in [2.45, 2.75) is 18.3 Å². The monoisotopic (exact) mass is 245 g/mol. The summed E-state index contributed by atoms with van der Waals surface area (Å²) >= 11 is 0. The van der Waals surface area contributed by atoms with Gasteiger partial charge in [-0.25, -0.2) is 0 Å². The van der Waals surface area contributed by atoms with Crippen LogP contribution in [0.1, 0.15) is 28.8 Å². The van der Waals surface area contributed by atoms with Crippen LogP contribution < -0.4 is 4.74 Å². The van der Waals surface area contributed by atoms with E-state index in [4.69, 9.17) is 9.47 Å². The van der Waals surface area contributed by atoms with Crippen LogP contribution in [0.3, 0.4) is 0 Å². The lowest BCUT2D eigenvalue weighted by Crippen LogP contribution is -2.32. The largest absolute Gasteiger partial charge is 0.496 e. The van der Waals surface area contributed by atoms with Crippen molar-refractivity contribution >= 4 is 6.29 Å². The maximum absolute atomic E-state index is 11.0. The van der Waals surface area contributed by atoms with Crippen LogP contribution >= 0.6 is 0 Å². The molecule has 0 N–H and O–H groups in total. The molecule has 0 atom stereocenters. The third-order valence-electron chi connectivity index (χ3n) is 3.47. The normalized spacial score (nSPS) is 17.8. The molecule has 2 rings (SSSR count). The Balaban J connectivity index is 2.43. The molecule has 0 aliphatic carbocycles. The van der Waals surface area contributed by atoms with Crippen molar-refractivity contribution in [2.24, 2.45) is 0 Å². The summed E-state index contributed by atoms with van der Waals surface area (Å²) in [6.45, 7) is 1.16. The molecule has 1 saturated heterocycles. The molecule has 1 aliphatic heterocycles. The SMILES string of the molecule is COc1ccc(C2(C#N)CCOCC2)cc1C=O. The summed E-state index contributed by atoms with van der Waals surface area (Å²) < 4.78 is 10.4. The Morgan fingerprint density at radius 1 is 1.44 bits per heavy atom. The third kappa shape index (κ3) is 2.09. The van der Waals surface area contributed by atoms with Crippen molar-refractivity contribution in [1.29, 1.82) is 5.26 Å². The maximum atomic E-state index is 11.0. The van der Waals surface area contributed by atoms with Gasteiger partial charge in [0, 0.05) is 13.2 Å². The van der Waals surface area contributed by atoms with Gasteiger partial charge in [-0.15, -0.1) is 0 Å². The number of benzene rings is 1. The van der Waals surface area contributed by atoms with E-state index in [1.165, 1.54) is 7.11 Å². The molecule has 18 heavy (non-hydrogen) atoms. The number of ether oxygens (including phenoxy) is 2. The number of nitrogens with zero attached hydrogens (tertiary/aromatic N) is 1. The van der Waals surface area contributed by atoms with Gasteiger partial charge in [0.1, 0.15) is 5.75 Å². The molecule has 0 radical (unpaired) electrons. The maximum Gasteiger partial charge on any atom is 0.153 e. The number of carbonyl (C=O) groups is 1. The molecule has 1 aromatic rings. The molecule has 4 nitrogen and oxygen atoms in total. The predicted molar refractivity (Wildman–Crippen MR) is 65.7 cm³/mol. The number of nitriles is 1. The van der Waals surface area contributed by atoms with Gasteiger partial charge >= 0.3 is 0 Å². The zero-order valence-electron chi connectivity index (χ0n) is 10.3. The summed E-state index contributed by atoms with van der Waals surface area (Å²) in [7, 11) is 1.52. The van der Waals surface area contributed by atoms with E-state index in [-0.39, 0.29) is 0 Å². The third-order valence-corrected chi connectivity index (χ3v) is 3.47. The first-order valence-electron chi connectivity index (χ1n) is 5.88. The lowest BCUT2D eigenvalue weighted by molar-refractivity contribution is 0.0675. The van der Waals surface area contributed by atoms with Gasteiger partial charge in [-0.1, -0.05) is 6.07 Å². The molecule has 0 aromatic heterocycles. The minimum Gasteiger partial charge on any atom is -0.496 e. The average Bonchev–Trinajstić information content (AvgIpc) is 2.47. The van der Waals surface area contributed by atoms with Crippen LogP contribution in [0.2, 0.25) is 0 Å².